The number of carboxylic acids is 1. The van der Waals surface area contributed by atoms with Crippen LogP contribution in [-0.2, 0) is 22.0 Å². The molecule has 1 heterocycles. The summed E-state index contributed by atoms with van der Waals surface area (Å²) in [6.07, 6.45) is 5.24. The lowest BCUT2D eigenvalue weighted by molar-refractivity contribution is -0.139. The Kier molecular flexibility index (Phi) is 6.71. The molecule has 0 radical (unpaired) electrons. The lowest BCUT2D eigenvalue weighted by Gasteiger charge is -2.14. The highest BCUT2D eigenvalue weighted by Gasteiger charge is 2.20. The summed E-state index contributed by atoms with van der Waals surface area (Å²) in [7, 11) is -0.897. The molecule has 8 nitrogen and oxygen atoms in total. The molecule has 20 heavy (non-hydrogen) atoms. The van der Waals surface area contributed by atoms with Crippen molar-refractivity contribution in [1.82, 2.24) is 20.6 Å². The van der Waals surface area contributed by atoms with Gasteiger partial charge in [-0.15, -0.1) is 0 Å². The van der Waals surface area contributed by atoms with Crippen LogP contribution in [0.5, 0.6) is 0 Å². The van der Waals surface area contributed by atoms with Crippen molar-refractivity contribution in [2.24, 2.45) is 0 Å². The highest BCUT2D eigenvalue weighted by Crippen LogP contribution is 1.98. The van der Waals surface area contributed by atoms with Gasteiger partial charge in [0.05, 0.1) is 6.33 Å². The van der Waals surface area contributed by atoms with Gasteiger partial charge < -0.3 is 20.7 Å². The predicted octanol–water partition coefficient (Wildman–Crippen LogP) is -0.527. The van der Waals surface area contributed by atoms with Crippen LogP contribution in [-0.4, -0.2) is 55.9 Å². The van der Waals surface area contributed by atoms with Crippen LogP contribution in [0, 0.1) is 0 Å². The van der Waals surface area contributed by atoms with Gasteiger partial charge in [0, 0.05) is 47.7 Å². The van der Waals surface area contributed by atoms with Crippen molar-refractivity contribution in [1.29, 1.82) is 0 Å². The molecule has 0 bridgehead atoms. The molecule has 0 aliphatic rings. The first-order valence-corrected chi connectivity index (χ1v) is 7.76. The maximum absolute atomic E-state index is 11.5. The zero-order chi connectivity index (χ0) is 15.0. The third-order valence-corrected chi connectivity index (χ3v) is 3.34. The number of amides is 2. The molecule has 0 spiro atoms. The molecule has 0 saturated heterocycles. The molecule has 112 valence electrons. The fourth-order valence-corrected chi connectivity index (χ4v) is 2.05. The van der Waals surface area contributed by atoms with Crippen molar-refractivity contribution < 1.29 is 18.9 Å². The third kappa shape index (κ3) is 6.32. The Balaban J connectivity index is 2.35. The van der Waals surface area contributed by atoms with Gasteiger partial charge in [-0.1, -0.05) is 0 Å². The normalized spacial score (nSPS) is 13.4. The van der Waals surface area contributed by atoms with Gasteiger partial charge in [-0.3, -0.25) is 4.21 Å². The van der Waals surface area contributed by atoms with E-state index in [-0.39, 0.29) is 6.42 Å². The zero-order valence-corrected chi connectivity index (χ0v) is 11.9. The Labute approximate surface area is 118 Å². The average molecular weight is 302 g/mol. The number of H-pyrrole nitrogens is 1. The second kappa shape index (κ2) is 8.31. The Morgan fingerprint density at radius 3 is 2.85 bits per heavy atom. The van der Waals surface area contributed by atoms with E-state index in [2.05, 4.69) is 20.6 Å². The molecule has 2 amide bonds. The van der Waals surface area contributed by atoms with E-state index in [1.807, 2.05) is 0 Å². The van der Waals surface area contributed by atoms with Gasteiger partial charge in [0.2, 0.25) is 0 Å². The van der Waals surface area contributed by atoms with Crippen LogP contribution in [0.3, 0.4) is 0 Å². The largest absolute Gasteiger partial charge is 0.480 e. The molecule has 0 aromatic carbocycles. The van der Waals surface area contributed by atoms with Gasteiger partial charge in [-0.05, 0) is 6.42 Å². The highest BCUT2D eigenvalue weighted by atomic mass is 32.2. The number of nitrogens with zero attached hydrogens (tertiary/aromatic N) is 1. The Morgan fingerprint density at radius 1 is 1.55 bits per heavy atom. The number of carbonyl (C=O) groups is 2. The summed E-state index contributed by atoms with van der Waals surface area (Å²) in [6, 6.07) is -1.59. The van der Waals surface area contributed by atoms with E-state index in [0.29, 0.717) is 24.4 Å². The van der Waals surface area contributed by atoms with Crippen LogP contribution in [0.2, 0.25) is 0 Å². The minimum absolute atomic E-state index is 0.127. The van der Waals surface area contributed by atoms with Crippen LogP contribution >= 0.6 is 0 Å². The lowest BCUT2D eigenvalue weighted by Crippen LogP contribution is -2.47. The molecule has 1 unspecified atom stereocenters. The van der Waals surface area contributed by atoms with Crippen molar-refractivity contribution >= 4 is 22.8 Å². The van der Waals surface area contributed by atoms with Gasteiger partial charge >= 0.3 is 12.0 Å². The van der Waals surface area contributed by atoms with E-state index in [0.717, 1.165) is 0 Å². The minimum atomic E-state index is -1.12. The summed E-state index contributed by atoms with van der Waals surface area (Å²) >= 11 is 0. The minimum Gasteiger partial charge on any atom is -0.480 e. The molecule has 0 fully saturated rings. The van der Waals surface area contributed by atoms with E-state index >= 15 is 0 Å². The number of imidazole rings is 1. The molecular weight excluding hydrogens is 284 g/mol. The van der Waals surface area contributed by atoms with Crippen LogP contribution in [0.1, 0.15) is 12.1 Å². The lowest BCUT2D eigenvalue weighted by atomic mass is 10.2. The maximum atomic E-state index is 11.5. The number of aromatic amines is 1. The predicted molar refractivity (Wildman–Crippen MR) is 73.8 cm³/mol. The van der Waals surface area contributed by atoms with Gasteiger partial charge in [0.15, 0.2) is 0 Å². The summed E-state index contributed by atoms with van der Waals surface area (Å²) in [6.45, 7) is 0.349. The van der Waals surface area contributed by atoms with Gasteiger partial charge in [0.25, 0.3) is 0 Å². The number of nitrogens with one attached hydrogen (secondary N) is 3. The standard InChI is InChI=1S/C11H18N4O4S/c1-20(19)4-2-3-13-11(18)15-9(10(16)17)5-8-6-12-7-14-8/h6-7,9H,2-5H2,1H3,(H,12,14)(H,16,17)(H2,13,15,18)/t9-,20?/m0/s1. The van der Waals surface area contributed by atoms with E-state index < -0.39 is 28.8 Å². The van der Waals surface area contributed by atoms with Crippen LogP contribution in [0.15, 0.2) is 12.5 Å². The molecule has 1 rings (SSSR count). The zero-order valence-electron chi connectivity index (χ0n) is 11.1. The number of aromatic nitrogens is 2. The monoisotopic (exact) mass is 302 g/mol. The van der Waals surface area contributed by atoms with Crippen LogP contribution < -0.4 is 10.6 Å². The summed E-state index contributed by atoms with van der Waals surface area (Å²) in [5, 5.41) is 13.9. The van der Waals surface area contributed by atoms with E-state index in [9.17, 15) is 13.8 Å². The van der Waals surface area contributed by atoms with Crippen LogP contribution in [0.25, 0.3) is 0 Å². The number of hydrogen-bond donors (Lipinski definition) is 4. The molecule has 0 aliphatic carbocycles. The highest BCUT2D eigenvalue weighted by molar-refractivity contribution is 7.84. The summed E-state index contributed by atoms with van der Waals surface area (Å²) < 4.78 is 10.8. The van der Waals surface area contributed by atoms with Crippen molar-refractivity contribution in [2.75, 3.05) is 18.6 Å². The molecule has 1 aromatic heterocycles. The smallest absolute Gasteiger partial charge is 0.326 e. The molecule has 0 aliphatic heterocycles. The molecule has 1 aromatic rings. The second-order valence-electron chi connectivity index (χ2n) is 4.20. The SMILES string of the molecule is CS(=O)CCCNC(=O)N[C@@H](Cc1cnc[nH]1)C(=O)O. The van der Waals surface area contributed by atoms with Crippen LogP contribution in [0.4, 0.5) is 4.79 Å². The number of urea groups is 1. The summed E-state index contributed by atoms with van der Waals surface area (Å²) in [5.74, 6) is -0.624. The van der Waals surface area contributed by atoms with Crippen molar-refractivity contribution in [3.8, 4) is 0 Å². The first kappa shape index (κ1) is 16.2. The first-order chi connectivity index (χ1) is 9.49. The maximum Gasteiger partial charge on any atom is 0.326 e. The Hall–Kier alpha value is -1.90. The summed E-state index contributed by atoms with van der Waals surface area (Å²) in [5.41, 5.74) is 0.624. The number of carboxylic acid groups (broad SMARTS) is 1. The quantitative estimate of drug-likeness (QED) is 0.481. The molecule has 2 atom stereocenters. The third-order valence-electron chi connectivity index (χ3n) is 2.48. The van der Waals surface area contributed by atoms with Gasteiger partial charge in [-0.25, -0.2) is 14.6 Å². The van der Waals surface area contributed by atoms with Crippen molar-refractivity contribution in [2.45, 2.75) is 18.9 Å². The number of rotatable bonds is 8. The van der Waals surface area contributed by atoms with Gasteiger partial charge in [0.1, 0.15) is 6.04 Å². The molecule has 4 N–H and O–H groups in total. The van der Waals surface area contributed by atoms with Crippen molar-refractivity contribution in [3.05, 3.63) is 18.2 Å². The van der Waals surface area contributed by atoms with E-state index in [1.54, 1.807) is 6.26 Å². The number of aliphatic carboxylic acids is 1. The number of hydrogen-bond acceptors (Lipinski definition) is 4. The van der Waals surface area contributed by atoms with Gasteiger partial charge in [-0.2, -0.15) is 0 Å². The molecule has 9 heteroatoms. The van der Waals surface area contributed by atoms with E-state index in [4.69, 9.17) is 5.11 Å². The first-order valence-electron chi connectivity index (χ1n) is 6.03. The molecule has 0 saturated carbocycles. The fraction of sp³-hybridized carbons (Fsp3) is 0.545. The van der Waals surface area contributed by atoms with E-state index in [1.165, 1.54) is 12.5 Å². The fourth-order valence-electron chi connectivity index (χ4n) is 1.50. The van der Waals surface area contributed by atoms with Crippen molar-refractivity contribution in [3.63, 3.8) is 0 Å². The Bertz CT molecular complexity index is 463. The summed E-state index contributed by atoms with van der Waals surface area (Å²) in [4.78, 5) is 29.2. The average Bonchev–Trinajstić information content (AvgIpc) is 2.86. The second-order valence-corrected chi connectivity index (χ2v) is 5.76. The Morgan fingerprint density at radius 2 is 2.30 bits per heavy atom. The number of carbonyl (C=O) groups excluding carboxylic acids is 1. The topological polar surface area (TPSA) is 124 Å². The molecular formula is C11H18N4O4S.